The third-order valence-electron chi connectivity index (χ3n) is 5.84. The number of rotatable bonds is 7. The minimum atomic E-state index is -4.28. The molecular weight excluding hydrogens is 465 g/mol. The van der Waals surface area contributed by atoms with Crippen LogP contribution in [0.3, 0.4) is 0 Å². The number of carbonyl (C=O) groups excluding carboxylic acids is 1. The summed E-state index contributed by atoms with van der Waals surface area (Å²) in [5.41, 5.74) is 0.482. The van der Waals surface area contributed by atoms with E-state index in [1.54, 1.807) is 0 Å². The number of hydrogen-bond donors (Lipinski definition) is 0. The minimum Gasteiger partial charge on any atom is -0.381 e. The summed E-state index contributed by atoms with van der Waals surface area (Å²) in [6.07, 6.45) is -2.39. The number of hydrogen-bond acceptors (Lipinski definition) is 4. The van der Waals surface area contributed by atoms with E-state index in [0.717, 1.165) is 23.1 Å². The molecule has 0 atom stereocenters. The lowest BCUT2D eigenvalue weighted by Gasteiger charge is -2.43. The van der Waals surface area contributed by atoms with Gasteiger partial charge < -0.3 is 14.4 Å². The van der Waals surface area contributed by atoms with Gasteiger partial charge in [0, 0.05) is 57.0 Å². The topological polar surface area (TPSA) is 42.0 Å². The summed E-state index contributed by atoms with van der Waals surface area (Å²) >= 11 is 3.46. The zero-order valence-corrected chi connectivity index (χ0v) is 18.5. The Labute approximate surface area is 183 Å². The van der Waals surface area contributed by atoms with Gasteiger partial charge in [-0.2, -0.15) is 13.2 Å². The number of alkyl halides is 3. The van der Waals surface area contributed by atoms with Gasteiger partial charge in [-0.05, 0) is 37.0 Å². The van der Waals surface area contributed by atoms with Crippen LogP contribution in [0.15, 0.2) is 28.7 Å². The van der Waals surface area contributed by atoms with Crippen LogP contribution >= 0.6 is 15.9 Å². The number of carbonyl (C=O) groups is 1. The van der Waals surface area contributed by atoms with E-state index in [9.17, 15) is 18.0 Å². The van der Waals surface area contributed by atoms with E-state index in [1.165, 1.54) is 0 Å². The summed E-state index contributed by atoms with van der Waals surface area (Å²) < 4.78 is 47.5. The molecule has 2 saturated heterocycles. The van der Waals surface area contributed by atoms with Crippen LogP contribution in [0.25, 0.3) is 0 Å². The zero-order valence-electron chi connectivity index (χ0n) is 16.9. The Morgan fingerprint density at radius 2 is 1.73 bits per heavy atom. The van der Waals surface area contributed by atoms with Gasteiger partial charge in [-0.25, -0.2) is 0 Å². The van der Waals surface area contributed by atoms with Gasteiger partial charge >= 0.3 is 6.18 Å². The fraction of sp³-hybridized carbons (Fsp3) is 0.667. The average Bonchev–Trinajstić information content (AvgIpc) is 2.73. The Bertz CT molecular complexity index is 686. The van der Waals surface area contributed by atoms with Crippen molar-refractivity contribution in [3.63, 3.8) is 0 Å². The molecule has 1 aromatic rings. The molecule has 30 heavy (non-hydrogen) atoms. The maximum atomic E-state index is 13.6. The van der Waals surface area contributed by atoms with Crippen molar-refractivity contribution < 1.29 is 27.4 Å². The molecule has 2 aliphatic rings. The molecule has 2 heterocycles. The van der Waals surface area contributed by atoms with Crippen molar-refractivity contribution in [2.75, 3.05) is 59.2 Å². The molecule has 1 aromatic carbocycles. The first-order valence-electron chi connectivity index (χ1n) is 10.3. The Morgan fingerprint density at radius 3 is 2.33 bits per heavy atom. The standard InChI is InChI=1S/C21H28BrF3N2O3/c22-18-4-2-17(3-5-18)20(6-14-29-15-7-20)19(28)27-11-9-26(10-12-27)8-1-13-30-16-21(23,24)25/h2-5H,1,6-16H2. The monoisotopic (exact) mass is 492 g/mol. The van der Waals surface area contributed by atoms with Gasteiger partial charge in [0.25, 0.3) is 0 Å². The predicted octanol–water partition coefficient (Wildman–Crippen LogP) is 3.61. The molecule has 168 valence electrons. The van der Waals surface area contributed by atoms with E-state index in [0.29, 0.717) is 52.1 Å². The Kier molecular flexibility index (Phi) is 8.17. The van der Waals surface area contributed by atoms with Crippen molar-refractivity contribution in [3.8, 4) is 0 Å². The molecule has 3 rings (SSSR count). The first kappa shape index (κ1) is 23.5. The highest BCUT2D eigenvalue weighted by Gasteiger charge is 2.44. The van der Waals surface area contributed by atoms with Crippen LogP contribution in [0, 0.1) is 0 Å². The van der Waals surface area contributed by atoms with Crippen molar-refractivity contribution in [1.82, 2.24) is 9.80 Å². The number of nitrogens with zero attached hydrogens (tertiary/aromatic N) is 2. The lowest BCUT2D eigenvalue weighted by molar-refractivity contribution is -0.174. The lowest BCUT2D eigenvalue weighted by Crippen LogP contribution is -2.56. The van der Waals surface area contributed by atoms with Crippen LogP contribution in [-0.4, -0.2) is 81.0 Å². The number of benzene rings is 1. The fourth-order valence-corrected chi connectivity index (χ4v) is 4.43. The van der Waals surface area contributed by atoms with Gasteiger partial charge in [0.15, 0.2) is 0 Å². The van der Waals surface area contributed by atoms with Gasteiger partial charge in [-0.15, -0.1) is 0 Å². The second-order valence-electron chi connectivity index (χ2n) is 7.86. The van der Waals surface area contributed by atoms with Crippen molar-refractivity contribution in [3.05, 3.63) is 34.3 Å². The number of amides is 1. The number of piperazine rings is 1. The Morgan fingerprint density at radius 1 is 1.10 bits per heavy atom. The van der Waals surface area contributed by atoms with Crippen molar-refractivity contribution in [2.24, 2.45) is 0 Å². The molecule has 0 bridgehead atoms. The van der Waals surface area contributed by atoms with Crippen LogP contribution in [0.5, 0.6) is 0 Å². The molecule has 0 N–H and O–H groups in total. The van der Waals surface area contributed by atoms with Gasteiger partial charge in [-0.1, -0.05) is 28.1 Å². The van der Waals surface area contributed by atoms with E-state index >= 15 is 0 Å². The lowest BCUT2D eigenvalue weighted by atomic mass is 9.73. The van der Waals surface area contributed by atoms with E-state index in [-0.39, 0.29) is 12.5 Å². The number of ether oxygens (including phenoxy) is 2. The third kappa shape index (κ3) is 6.18. The Hall–Kier alpha value is -1.16. The van der Waals surface area contributed by atoms with Crippen molar-refractivity contribution in [2.45, 2.75) is 30.9 Å². The second kappa shape index (κ2) is 10.4. The highest BCUT2D eigenvalue weighted by atomic mass is 79.9. The molecule has 0 spiro atoms. The molecule has 1 amide bonds. The van der Waals surface area contributed by atoms with Gasteiger partial charge in [-0.3, -0.25) is 9.69 Å². The van der Waals surface area contributed by atoms with Crippen molar-refractivity contribution >= 4 is 21.8 Å². The third-order valence-corrected chi connectivity index (χ3v) is 6.37. The fourth-order valence-electron chi connectivity index (χ4n) is 4.17. The molecule has 0 radical (unpaired) electrons. The summed E-state index contributed by atoms with van der Waals surface area (Å²) in [5.74, 6) is 0.154. The molecule has 0 unspecified atom stereocenters. The molecule has 5 nitrogen and oxygen atoms in total. The molecular formula is C21H28BrF3N2O3. The molecule has 0 saturated carbocycles. The normalized spacial score (nSPS) is 20.3. The zero-order chi connectivity index (χ0) is 21.6. The molecule has 0 aromatic heterocycles. The van der Waals surface area contributed by atoms with Crippen LogP contribution in [0.4, 0.5) is 13.2 Å². The predicted molar refractivity (Wildman–Crippen MR) is 110 cm³/mol. The first-order valence-corrected chi connectivity index (χ1v) is 11.1. The second-order valence-corrected chi connectivity index (χ2v) is 8.77. The quantitative estimate of drug-likeness (QED) is 0.545. The molecule has 9 heteroatoms. The summed E-state index contributed by atoms with van der Waals surface area (Å²) in [7, 11) is 0. The maximum absolute atomic E-state index is 13.6. The van der Waals surface area contributed by atoms with E-state index in [2.05, 4.69) is 25.6 Å². The maximum Gasteiger partial charge on any atom is 0.411 e. The minimum absolute atomic E-state index is 0.0886. The SMILES string of the molecule is O=C(N1CCN(CCCOCC(F)(F)F)CC1)C1(c2ccc(Br)cc2)CCOCC1. The van der Waals surface area contributed by atoms with Crippen LogP contribution in [-0.2, 0) is 19.7 Å². The van der Waals surface area contributed by atoms with Crippen LogP contribution in [0.1, 0.15) is 24.8 Å². The van der Waals surface area contributed by atoms with E-state index in [1.807, 2.05) is 29.2 Å². The average molecular weight is 493 g/mol. The van der Waals surface area contributed by atoms with Gasteiger partial charge in [0.2, 0.25) is 5.91 Å². The summed E-state index contributed by atoms with van der Waals surface area (Å²) in [4.78, 5) is 17.7. The highest BCUT2D eigenvalue weighted by Crippen LogP contribution is 2.37. The smallest absolute Gasteiger partial charge is 0.381 e. The molecule has 2 fully saturated rings. The summed E-state index contributed by atoms with van der Waals surface area (Å²) in [5, 5.41) is 0. The van der Waals surface area contributed by atoms with Crippen LogP contribution < -0.4 is 0 Å². The highest BCUT2D eigenvalue weighted by molar-refractivity contribution is 9.10. The van der Waals surface area contributed by atoms with Crippen molar-refractivity contribution in [1.29, 1.82) is 0 Å². The molecule has 2 aliphatic heterocycles. The summed E-state index contributed by atoms with van der Waals surface area (Å²) in [6, 6.07) is 7.98. The first-order chi connectivity index (χ1) is 14.3. The van der Waals surface area contributed by atoms with Gasteiger partial charge in [0.05, 0.1) is 5.41 Å². The van der Waals surface area contributed by atoms with Gasteiger partial charge in [0.1, 0.15) is 6.61 Å². The van der Waals surface area contributed by atoms with E-state index in [4.69, 9.17) is 4.74 Å². The number of halogens is 4. The largest absolute Gasteiger partial charge is 0.411 e. The summed E-state index contributed by atoms with van der Waals surface area (Å²) in [6.45, 7) is 3.39. The Balaban J connectivity index is 1.52. The van der Waals surface area contributed by atoms with E-state index < -0.39 is 18.2 Å². The van der Waals surface area contributed by atoms with Crippen LogP contribution in [0.2, 0.25) is 0 Å². The molecule has 0 aliphatic carbocycles.